The van der Waals surface area contributed by atoms with Crippen molar-refractivity contribution in [2.45, 2.75) is 18.2 Å². The van der Waals surface area contributed by atoms with E-state index >= 15 is 0 Å². The first-order valence-electron chi connectivity index (χ1n) is 6.41. The lowest BCUT2D eigenvalue weighted by Crippen LogP contribution is -2.33. The molecule has 0 aliphatic carbocycles. The highest BCUT2D eigenvalue weighted by molar-refractivity contribution is 7.99. The van der Waals surface area contributed by atoms with Crippen LogP contribution < -0.4 is 0 Å². The number of halogens is 2. The van der Waals surface area contributed by atoms with E-state index in [0.29, 0.717) is 10.6 Å². The van der Waals surface area contributed by atoms with Crippen LogP contribution in [0.4, 0.5) is 8.78 Å². The Labute approximate surface area is 126 Å². The maximum absolute atomic E-state index is 13.0. The number of esters is 1. The Morgan fingerprint density at radius 2 is 2.00 bits per heavy atom. The molecule has 4 nitrogen and oxygen atoms in total. The summed E-state index contributed by atoms with van der Waals surface area (Å²) in [7, 11) is 1.52. The average Bonchev–Trinajstić information content (AvgIpc) is 2.42. The second-order valence-corrected chi connectivity index (χ2v) is 5.40. The van der Waals surface area contributed by atoms with Crippen LogP contribution in [0.5, 0.6) is 0 Å². The molecule has 1 amide bonds. The maximum Gasteiger partial charge on any atom is 0.325 e. The van der Waals surface area contributed by atoms with Gasteiger partial charge in [-0.05, 0) is 25.1 Å². The summed E-state index contributed by atoms with van der Waals surface area (Å²) in [5.74, 6) is -2.06. The molecule has 116 valence electrons. The van der Waals surface area contributed by atoms with Gasteiger partial charge < -0.3 is 9.64 Å². The molecule has 0 fully saturated rings. The fraction of sp³-hybridized carbons (Fsp3) is 0.429. The topological polar surface area (TPSA) is 46.6 Å². The average molecular weight is 317 g/mol. The van der Waals surface area contributed by atoms with E-state index in [9.17, 15) is 18.4 Å². The first-order chi connectivity index (χ1) is 9.93. The smallest absolute Gasteiger partial charge is 0.325 e. The molecule has 21 heavy (non-hydrogen) atoms. The number of likely N-dealkylation sites (N-methyl/N-ethyl adjacent to an activating group) is 1. The number of rotatable bonds is 7. The van der Waals surface area contributed by atoms with Gasteiger partial charge in [-0.1, -0.05) is 0 Å². The third-order valence-electron chi connectivity index (χ3n) is 2.57. The van der Waals surface area contributed by atoms with E-state index in [1.807, 2.05) is 0 Å². The normalized spacial score (nSPS) is 10.3. The highest BCUT2D eigenvalue weighted by Gasteiger charge is 2.13. The van der Waals surface area contributed by atoms with Crippen molar-refractivity contribution in [1.82, 2.24) is 4.90 Å². The lowest BCUT2D eigenvalue weighted by Gasteiger charge is -2.15. The molecule has 0 aliphatic rings. The van der Waals surface area contributed by atoms with Crippen molar-refractivity contribution < 1.29 is 23.1 Å². The summed E-state index contributed by atoms with van der Waals surface area (Å²) >= 11 is 1.25. The Bertz CT molecular complexity index is 511. The fourth-order valence-corrected chi connectivity index (χ4v) is 2.37. The van der Waals surface area contributed by atoms with Gasteiger partial charge in [-0.15, -0.1) is 11.8 Å². The van der Waals surface area contributed by atoms with Crippen LogP contribution in [-0.2, 0) is 14.3 Å². The van der Waals surface area contributed by atoms with E-state index in [4.69, 9.17) is 4.74 Å². The van der Waals surface area contributed by atoms with E-state index in [0.717, 1.165) is 12.1 Å². The summed E-state index contributed by atoms with van der Waals surface area (Å²) in [6, 6.07) is 3.59. The Morgan fingerprint density at radius 3 is 2.62 bits per heavy atom. The van der Waals surface area contributed by atoms with E-state index in [1.165, 1.54) is 29.8 Å². The van der Waals surface area contributed by atoms with Crippen LogP contribution in [0.2, 0.25) is 0 Å². The number of hydrogen-bond acceptors (Lipinski definition) is 4. The zero-order chi connectivity index (χ0) is 15.8. The molecular weight excluding hydrogens is 300 g/mol. The fourth-order valence-electron chi connectivity index (χ4n) is 1.50. The van der Waals surface area contributed by atoms with E-state index in [1.54, 1.807) is 6.92 Å². The lowest BCUT2D eigenvalue weighted by molar-refractivity contribution is -0.148. The van der Waals surface area contributed by atoms with Gasteiger partial charge >= 0.3 is 5.97 Å². The van der Waals surface area contributed by atoms with Crippen LogP contribution in [0.3, 0.4) is 0 Å². The standard InChI is InChI=1S/C14H17F2NO3S/c1-3-20-14(19)9-17(2)13(18)6-7-21-10-4-5-11(15)12(16)8-10/h4-5,8H,3,6-7,9H2,1-2H3. The highest BCUT2D eigenvalue weighted by Crippen LogP contribution is 2.21. The van der Waals surface area contributed by atoms with Crippen LogP contribution in [-0.4, -0.2) is 42.7 Å². The maximum atomic E-state index is 13.0. The van der Waals surface area contributed by atoms with Gasteiger partial charge in [0.05, 0.1) is 6.61 Å². The van der Waals surface area contributed by atoms with Gasteiger partial charge in [-0.3, -0.25) is 9.59 Å². The summed E-state index contributed by atoms with van der Waals surface area (Å²) in [5.41, 5.74) is 0. The van der Waals surface area contributed by atoms with Crippen molar-refractivity contribution in [3.8, 4) is 0 Å². The van der Waals surface area contributed by atoms with Crippen molar-refractivity contribution in [3.63, 3.8) is 0 Å². The van der Waals surface area contributed by atoms with Crippen LogP contribution in [0.1, 0.15) is 13.3 Å². The molecule has 0 aromatic heterocycles. The molecule has 0 saturated heterocycles. The zero-order valence-corrected chi connectivity index (χ0v) is 12.7. The second kappa shape index (κ2) is 8.61. The molecule has 1 aromatic rings. The number of ether oxygens (including phenoxy) is 1. The monoisotopic (exact) mass is 317 g/mol. The predicted octanol–water partition coefficient (Wildman–Crippen LogP) is 2.47. The van der Waals surface area contributed by atoms with E-state index in [-0.39, 0.29) is 25.5 Å². The summed E-state index contributed by atoms with van der Waals surface area (Å²) in [5, 5.41) is 0. The van der Waals surface area contributed by atoms with Crippen molar-refractivity contribution in [2.24, 2.45) is 0 Å². The molecule has 1 aromatic carbocycles. The Kier molecular flexibility index (Phi) is 7.14. The Balaban J connectivity index is 2.35. The van der Waals surface area contributed by atoms with Crippen LogP contribution in [0, 0.1) is 11.6 Å². The molecule has 0 heterocycles. The highest BCUT2D eigenvalue weighted by atomic mass is 32.2. The summed E-state index contributed by atoms with van der Waals surface area (Å²) in [6.45, 7) is 1.87. The molecule has 0 bridgehead atoms. The molecule has 0 atom stereocenters. The lowest BCUT2D eigenvalue weighted by atomic mass is 10.3. The van der Waals surface area contributed by atoms with Gasteiger partial charge in [0.1, 0.15) is 6.54 Å². The van der Waals surface area contributed by atoms with Crippen molar-refractivity contribution in [2.75, 3.05) is 26.0 Å². The number of nitrogens with zero attached hydrogens (tertiary/aromatic N) is 1. The van der Waals surface area contributed by atoms with Gasteiger partial charge in [0.2, 0.25) is 5.91 Å². The van der Waals surface area contributed by atoms with E-state index in [2.05, 4.69) is 0 Å². The van der Waals surface area contributed by atoms with E-state index < -0.39 is 17.6 Å². The number of hydrogen-bond donors (Lipinski definition) is 0. The van der Waals surface area contributed by atoms with Crippen molar-refractivity contribution in [1.29, 1.82) is 0 Å². The van der Waals surface area contributed by atoms with Gasteiger partial charge in [-0.25, -0.2) is 8.78 Å². The van der Waals surface area contributed by atoms with Gasteiger partial charge in [0, 0.05) is 24.1 Å². The molecule has 1 rings (SSSR count). The summed E-state index contributed by atoms with van der Waals surface area (Å²) in [4.78, 5) is 24.8. The third-order valence-corrected chi connectivity index (χ3v) is 3.57. The van der Waals surface area contributed by atoms with Crippen LogP contribution in [0.15, 0.2) is 23.1 Å². The number of carbonyl (C=O) groups is 2. The first kappa shape index (κ1) is 17.4. The molecule has 0 N–H and O–H groups in total. The number of thioether (sulfide) groups is 1. The molecule has 0 radical (unpaired) electrons. The second-order valence-electron chi connectivity index (χ2n) is 4.23. The predicted molar refractivity (Wildman–Crippen MR) is 76.0 cm³/mol. The quantitative estimate of drug-likeness (QED) is 0.572. The molecule has 0 saturated carbocycles. The van der Waals surface area contributed by atoms with Gasteiger partial charge in [0.15, 0.2) is 11.6 Å². The van der Waals surface area contributed by atoms with Crippen molar-refractivity contribution >= 4 is 23.6 Å². The SMILES string of the molecule is CCOC(=O)CN(C)C(=O)CCSc1ccc(F)c(F)c1. The van der Waals surface area contributed by atoms with Crippen LogP contribution in [0.25, 0.3) is 0 Å². The largest absolute Gasteiger partial charge is 0.465 e. The summed E-state index contributed by atoms with van der Waals surface area (Å²) in [6.07, 6.45) is 0.194. The minimum atomic E-state index is -0.911. The van der Waals surface area contributed by atoms with Crippen molar-refractivity contribution in [3.05, 3.63) is 29.8 Å². The Hall–Kier alpha value is -1.63. The summed E-state index contributed by atoms with van der Waals surface area (Å²) < 4.78 is 30.5. The molecule has 0 spiro atoms. The Morgan fingerprint density at radius 1 is 1.29 bits per heavy atom. The minimum absolute atomic E-state index is 0.0947. The number of benzene rings is 1. The molecule has 7 heteroatoms. The number of amides is 1. The zero-order valence-electron chi connectivity index (χ0n) is 11.9. The van der Waals surface area contributed by atoms with Crippen LogP contribution >= 0.6 is 11.8 Å². The minimum Gasteiger partial charge on any atom is -0.465 e. The number of carbonyl (C=O) groups excluding carboxylic acids is 2. The molecule has 0 unspecified atom stereocenters. The first-order valence-corrected chi connectivity index (χ1v) is 7.40. The van der Waals surface area contributed by atoms with Gasteiger partial charge in [0.25, 0.3) is 0 Å². The third kappa shape index (κ3) is 6.12. The molecular formula is C14H17F2NO3S. The molecule has 0 aliphatic heterocycles. The van der Waals surface area contributed by atoms with Gasteiger partial charge in [-0.2, -0.15) is 0 Å².